The summed E-state index contributed by atoms with van der Waals surface area (Å²) in [7, 11) is 1.43. The maximum absolute atomic E-state index is 16.2. The van der Waals surface area contributed by atoms with E-state index in [-0.39, 0.29) is 48.3 Å². The van der Waals surface area contributed by atoms with Crippen LogP contribution in [0.15, 0.2) is 18.2 Å². The molecule has 2 N–H and O–H groups in total. The second-order valence-corrected chi connectivity index (χ2v) is 12.7. The molecule has 2 aromatic heterocycles. The summed E-state index contributed by atoms with van der Waals surface area (Å²) in [5.41, 5.74) is 6.40. The number of alkyl halides is 1. The summed E-state index contributed by atoms with van der Waals surface area (Å²) in [5, 5.41) is 10.6. The molecule has 0 spiro atoms. The summed E-state index contributed by atoms with van der Waals surface area (Å²) in [4.78, 5) is 13.2. The zero-order valence-corrected chi connectivity index (χ0v) is 25.4. The maximum Gasteiger partial charge on any atom is 0.318 e. The number of nitrogens with zero attached hydrogens (tertiary/aromatic N) is 5. The molecule has 3 saturated heterocycles. The van der Waals surface area contributed by atoms with E-state index in [1.807, 2.05) is 6.07 Å². The van der Waals surface area contributed by atoms with Crippen molar-refractivity contribution in [3.63, 3.8) is 0 Å². The van der Waals surface area contributed by atoms with E-state index in [4.69, 9.17) is 22.1 Å². The minimum atomic E-state index is -0.694. The van der Waals surface area contributed by atoms with Crippen LogP contribution in [0, 0.1) is 23.0 Å². The van der Waals surface area contributed by atoms with Crippen molar-refractivity contribution in [3.8, 4) is 23.2 Å². The minimum Gasteiger partial charge on any atom is -0.467 e. The van der Waals surface area contributed by atoms with E-state index in [9.17, 15) is 14.0 Å². The molecule has 2 aromatic carbocycles. The zero-order valence-electron chi connectivity index (χ0n) is 23.8. The lowest BCUT2D eigenvalue weighted by Gasteiger charge is -2.24. The van der Waals surface area contributed by atoms with E-state index in [0.29, 0.717) is 23.8 Å². The largest absolute Gasteiger partial charge is 0.467 e. The summed E-state index contributed by atoms with van der Waals surface area (Å²) in [6.45, 7) is 3.43. The Hall–Kier alpha value is -3.33. The molecule has 2 atom stereocenters. The number of rotatable bonds is 3. The molecule has 7 nitrogen and oxygen atoms in total. The lowest BCUT2D eigenvalue weighted by molar-refractivity contribution is 0.292. The molecule has 3 aliphatic heterocycles. The first kappa shape index (κ1) is 29.7. The van der Waals surface area contributed by atoms with Crippen LogP contribution in [-0.4, -0.2) is 60.4 Å². The standard InChI is InChI=1S/C24H20ClF2N5OS.C7H12FN/c1-33-24-30-20-13(23(31-24)32-8-4-2-3-5-9-32)10-15(25)18(19(20)27)12-6-7-16(26)21-17(12)14(11-28)22(29)34-21;8-6-4-7-2-1-3-9(7)5-6/h6-7,10H,2-5,8-9,29H2,1H3;6-7H,1-5H2. The number of nitrogens with two attached hydrogens (primary N) is 1. The fourth-order valence-electron chi connectivity index (χ4n) is 6.56. The third-order valence-corrected chi connectivity index (χ3v) is 9.91. The first-order valence-corrected chi connectivity index (χ1v) is 15.8. The number of methoxy groups -OCH3 is 1. The van der Waals surface area contributed by atoms with Gasteiger partial charge in [-0.25, -0.2) is 13.2 Å². The van der Waals surface area contributed by atoms with Gasteiger partial charge in [-0.2, -0.15) is 15.2 Å². The van der Waals surface area contributed by atoms with Crippen molar-refractivity contribution in [2.45, 2.75) is 57.2 Å². The number of hydrogen-bond acceptors (Lipinski definition) is 8. The first-order chi connectivity index (χ1) is 20.8. The van der Waals surface area contributed by atoms with Gasteiger partial charge >= 0.3 is 6.01 Å². The third kappa shape index (κ3) is 5.56. The molecular formula is C31H32ClF3N6OS. The van der Waals surface area contributed by atoms with Gasteiger partial charge in [0.25, 0.3) is 0 Å². The summed E-state index contributed by atoms with van der Waals surface area (Å²) in [6.07, 6.45) is 7.08. The molecule has 0 amide bonds. The highest BCUT2D eigenvalue weighted by atomic mass is 35.5. The van der Waals surface area contributed by atoms with Crippen LogP contribution in [0.2, 0.25) is 5.02 Å². The number of hydrogen-bond donors (Lipinski definition) is 1. The number of benzene rings is 2. The van der Waals surface area contributed by atoms with Crippen molar-refractivity contribution in [2.75, 3.05) is 43.9 Å². The van der Waals surface area contributed by atoms with E-state index in [1.165, 1.54) is 32.1 Å². The predicted octanol–water partition coefficient (Wildman–Crippen LogP) is 7.48. The maximum atomic E-state index is 16.2. The second-order valence-electron chi connectivity index (χ2n) is 11.3. The van der Waals surface area contributed by atoms with E-state index in [2.05, 4.69) is 19.8 Å². The Bertz CT molecular complexity index is 1710. The van der Waals surface area contributed by atoms with Crippen LogP contribution in [0.3, 0.4) is 0 Å². The van der Waals surface area contributed by atoms with Crippen LogP contribution in [-0.2, 0) is 0 Å². The van der Waals surface area contributed by atoms with Crippen LogP contribution in [0.4, 0.5) is 24.0 Å². The Morgan fingerprint density at radius 1 is 1.12 bits per heavy atom. The van der Waals surface area contributed by atoms with E-state index in [0.717, 1.165) is 63.1 Å². The van der Waals surface area contributed by atoms with E-state index < -0.39 is 17.8 Å². The fraction of sp³-hybridized carbons (Fsp3) is 0.452. The summed E-state index contributed by atoms with van der Waals surface area (Å²) < 4.78 is 48.8. The van der Waals surface area contributed by atoms with Gasteiger partial charge in [-0.15, -0.1) is 11.3 Å². The smallest absolute Gasteiger partial charge is 0.318 e. The lowest BCUT2D eigenvalue weighted by Crippen LogP contribution is -2.25. The average molecular weight is 629 g/mol. The highest BCUT2D eigenvalue weighted by Gasteiger charge is 2.34. The normalized spacial score (nSPS) is 20.5. The summed E-state index contributed by atoms with van der Waals surface area (Å²) in [5.74, 6) is -0.666. The Balaban J connectivity index is 0.000000310. The number of fused-ring (bicyclic) bond motifs is 3. The molecule has 5 heterocycles. The molecule has 0 bridgehead atoms. The highest BCUT2D eigenvalue weighted by Crippen LogP contribution is 2.45. The van der Waals surface area contributed by atoms with Crippen LogP contribution in [0.5, 0.6) is 6.01 Å². The molecule has 3 aliphatic rings. The van der Waals surface area contributed by atoms with Gasteiger partial charge < -0.3 is 15.4 Å². The first-order valence-electron chi connectivity index (χ1n) is 14.6. The van der Waals surface area contributed by atoms with Gasteiger partial charge in [0.15, 0.2) is 5.82 Å². The molecule has 0 saturated carbocycles. The van der Waals surface area contributed by atoms with Crippen LogP contribution >= 0.6 is 22.9 Å². The minimum absolute atomic E-state index is 0.0241. The molecule has 43 heavy (non-hydrogen) atoms. The molecule has 0 aliphatic carbocycles. The zero-order chi connectivity index (χ0) is 30.2. The Morgan fingerprint density at radius 2 is 1.88 bits per heavy atom. The Morgan fingerprint density at radius 3 is 2.58 bits per heavy atom. The van der Waals surface area contributed by atoms with Gasteiger partial charge in [0.1, 0.15) is 34.4 Å². The summed E-state index contributed by atoms with van der Waals surface area (Å²) in [6, 6.07) is 6.93. The number of nitrogen functional groups attached to an aromatic ring is 1. The average Bonchev–Trinajstić information content (AvgIpc) is 3.59. The molecule has 3 fully saturated rings. The third-order valence-electron chi connectivity index (χ3n) is 8.59. The molecule has 2 unspecified atom stereocenters. The van der Waals surface area contributed by atoms with Gasteiger partial charge in [0, 0.05) is 42.0 Å². The van der Waals surface area contributed by atoms with Crippen molar-refractivity contribution in [3.05, 3.63) is 40.4 Å². The Kier molecular flexibility index (Phi) is 8.54. The molecule has 4 aromatic rings. The topological polar surface area (TPSA) is 91.3 Å². The predicted molar refractivity (Wildman–Crippen MR) is 166 cm³/mol. The number of ether oxygens (including phenoxy) is 1. The highest BCUT2D eigenvalue weighted by molar-refractivity contribution is 7.23. The number of aromatic nitrogens is 2. The molecule has 12 heteroatoms. The fourth-order valence-corrected chi connectivity index (χ4v) is 7.80. The van der Waals surface area contributed by atoms with Crippen molar-refractivity contribution in [1.82, 2.24) is 14.9 Å². The van der Waals surface area contributed by atoms with Crippen molar-refractivity contribution >= 4 is 54.7 Å². The van der Waals surface area contributed by atoms with Crippen molar-refractivity contribution < 1.29 is 17.9 Å². The molecule has 7 rings (SSSR count). The van der Waals surface area contributed by atoms with Crippen LogP contribution < -0.4 is 15.4 Å². The number of anilines is 2. The molecule has 226 valence electrons. The van der Waals surface area contributed by atoms with Gasteiger partial charge in [-0.05, 0) is 56.3 Å². The Labute approximate surface area is 257 Å². The number of halogens is 4. The van der Waals surface area contributed by atoms with Gasteiger partial charge in [0.2, 0.25) is 0 Å². The lowest BCUT2D eigenvalue weighted by atomic mass is 9.97. The van der Waals surface area contributed by atoms with Gasteiger partial charge in [-0.1, -0.05) is 30.5 Å². The van der Waals surface area contributed by atoms with Gasteiger partial charge in [-0.3, -0.25) is 4.90 Å². The van der Waals surface area contributed by atoms with Crippen molar-refractivity contribution in [1.29, 1.82) is 5.26 Å². The van der Waals surface area contributed by atoms with E-state index >= 15 is 4.39 Å². The monoisotopic (exact) mass is 628 g/mol. The number of thiophene rings is 1. The molecular weight excluding hydrogens is 597 g/mol. The number of nitriles is 1. The van der Waals surface area contributed by atoms with Crippen LogP contribution in [0.1, 0.15) is 50.5 Å². The van der Waals surface area contributed by atoms with Crippen molar-refractivity contribution in [2.24, 2.45) is 0 Å². The quantitative estimate of drug-likeness (QED) is 0.251. The van der Waals surface area contributed by atoms with E-state index in [1.54, 1.807) is 6.07 Å². The molecule has 0 radical (unpaired) electrons. The van der Waals surface area contributed by atoms with Gasteiger partial charge in [0.05, 0.1) is 22.4 Å². The second kappa shape index (κ2) is 12.3. The van der Waals surface area contributed by atoms with Crippen LogP contribution in [0.25, 0.3) is 32.1 Å². The summed E-state index contributed by atoms with van der Waals surface area (Å²) >= 11 is 7.60. The SMILES string of the molecule is COc1nc(N2CCCCCC2)c2cc(Cl)c(-c3ccc(F)c4sc(N)c(C#N)c34)c(F)c2n1.FC1CC2CCCN2C1.